The molecule has 0 aromatic rings. The number of unbranched alkanes of at least 4 members (excludes halogenated alkanes) is 7. The summed E-state index contributed by atoms with van der Waals surface area (Å²) in [5.74, 6) is 0.657. The molecule has 2 nitrogen and oxygen atoms in total. The van der Waals surface area contributed by atoms with Crippen LogP contribution in [0.3, 0.4) is 0 Å². The van der Waals surface area contributed by atoms with Crippen LogP contribution in [0.2, 0.25) is 0 Å². The van der Waals surface area contributed by atoms with E-state index in [0.717, 1.165) is 32.3 Å². The lowest BCUT2D eigenvalue weighted by Crippen LogP contribution is -2.23. The summed E-state index contributed by atoms with van der Waals surface area (Å²) in [6.45, 7) is 5.15. The molecule has 1 saturated heterocycles. The first kappa shape index (κ1) is 16.7. The van der Waals surface area contributed by atoms with Crippen molar-refractivity contribution in [2.75, 3.05) is 6.61 Å². The van der Waals surface area contributed by atoms with Crippen LogP contribution in [0.5, 0.6) is 0 Å². The molecule has 0 amide bonds. The van der Waals surface area contributed by atoms with E-state index in [1.165, 1.54) is 44.9 Å². The first-order valence-electron chi connectivity index (χ1n) is 8.43. The van der Waals surface area contributed by atoms with Crippen LogP contribution in [0, 0.1) is 5.92 Å². The van der Waals surface area contributed by atoms with Crippen LogP contribution < -0.4 is 0 Å². The van der Waals surface area contributed by atoms with Gasteiger partial charge in [0.05, 0.1) is 6.10 Å². The number of rotatable bonds is 11. The Bertz CT molecular complexity index is 237. The molecule has 0 N–H and O–H groups in total. The van der Waals surface area contributed by atoms with Crippen LogP contribution in [0.4, 0.5) is 0 Å². The van der Waals surface area contributed by atoms with Gasteiger partial charge in [0.1, 0.15) is 5.78 Å². The Balaban J connectivity index is 1.98. The SMILES string of the molecule is CCCCCCCCCCC(=O)C1CCOC1CC. The van der Waals surface area contributed by atoms with Gasteiger partial charge in [0.15, 0.2) is 0 Å². The standard InChI is InChI=1S/C17H32O2/c1-3-5-6-7-8-9-10-11-12-16(18)15-13-14-19-17(15)4-2/h15,17H,3-14H2,1-2H3. The molecular formula is C17H32O2. The first-order chi connectivity index (χ1) is 9.29. The van der Waals surface area contributed by atoms with Gasteiger partial charge < -0.3 is 4.74 Å². The van der Waals surface area contributed by atoms with Crippen molar-refractivity contribution in [3.63, 3.8) is 0 Å². The minimum atomic E-state index is 0.203. The third-order valence-electron chi connectivity index (χ3n) is 4.30. The summed E-state index contributed by atoms with van der Waals surface area (Å²) in [4.78, 5) is 12.1. The largest absolute Gasteiger partial charge is 0.377 e. The lowest BCUT2D eigenvalue weighted by molar-refractivity contribution is -0.124. The highest BCUT2D eigenvalue weighted by atomic mass is 16.5. The smallest absolute Gasteiger partial charge is 0.138 e. The number of ketones is 1. The number of hydrogen-bond donors (Lipinski definition) is 0. The van der Waals surface area contributed by atoms with E-state index < -0.39 is 0 Å². The van der Waals surface area contributed by atoms with E-state index in [0.29, 0.717) is 5.78 Å². The van der Waals surface area contributed by atoms with Crippen molar-refractivity contribution in [1.29, 1.82) is 0 Å². The molecule has 0 saturated carbocycles. The second-order valence-corrected chi connectivity index (χ2v) is 5.90. The highest BCUT2D eigenvalue weighted by molar-refractivity contribution is 5.81. The Morgan fingerprint density at radius 2 is 1.63 bits per heavy atom. The fourth-order valence-electron chi connectivity index (χ4n) is 3.04. The highest BCUT2D eigenvalue weighted by Gasteiger charge is 2.31. The number of carbonyl (C=O) groups excluding carboxylic acids is 1. The van der Waals surface area contributed by atoms with Gasteiger partial charge in [0.25, 0.3) is 0 Å². The van der Waals surface area contributed by atoms with Crippen molar-refractivity contribution in [3.05, 3.63) is 0 Å². The maximum atomic E-state index is 12.1. The Morgan fingerprint density at radius 1 is 1.00 bits per heavy atom. The average molecular weight is 268 g/mol. The Hall–Kier alpha value is -0.370. The molecule has 0 aliphatic carbocycles. The van der Waals surface area contributed by atoms with Gasteiger partial charge in [-0.15, -0.1) is 0 Å². The summed E-state index contributed by atoms with van der Waals surface area (Å²) in [7, 11) is 0. The molecular weight excluding hydrogens is 236 g/mol. The van der Waals surface area contributed by atoms with Crippen molar-refractivity contribution in [3.8, 4) is 0 Å². The fraction of sp³-hybridized carbons (Fsp3) is 0.941. The van der Waals surface area contributed by atoms with Gasteiger partial charge in [-0.25, -0.2) is 0 Å². The predicted molar refractivity (Wildman–Crippen MR) is 80.4 cm³/mol. The Labute approximate surface area is 119 Å². The van der Waals surface area contributed by atoms with E-state index >= 15 is 0 Å². The second-order valence-electron chi connectivity index (χ2n) is 5.90. The monoisotopic (exact) mass is 268 g/mol. The van der Waals surface area contributed by atoms with Crippen molar-refractivity contribution >= 4 is 5.78 Å². The number of Topliss-reactive ketones (excluding diaryl/α,β-unsaturated/α-hetero) is 1. The topological polar surface area (TPSA) is 26.3 Å². The lowest BCUT2D eigenvalue weighted by atomic mass is 9.91. The normalized spacial score (nSPS) is 22.8. The Kier molecular flexibility index (Phi) is 9.15. The van der Waals surface area contributed by atoms with E-state index in [1.54, 1.807) is 0 Å². The van der Waals surface area contributed by atoms with Crippen molar-refractivity contribution in [2.45, 2.75) is 90.6 Å². The first-order valence-corrected chi connectivity index (χ1v) is 8.43. The lowest BCUT2D eigenvalue weighted by Gasteiger charge is -2.15. The zero-order chi connectivity index (χ0) is 13.9. The van der Waals surface area contributed by atoms with Gasteiger partial charge in [-0.05, 0) is 19.3 Å². The minimum Gasteiger partial charge on any atom is -0.377 e. The molecule has 0 aromatic carbocycles. The van der Waals surface area contributed by atoms with Gasteiger partial charge in [-0.1, -0.05) is 58.8 Å². The van der Waals surface area contributed by atoms with Gasteiger partial charge in [0, 0.05) is 18.9 Å². The number of carbonyl (C=O) groups is 1. The molecule has 0 spiro atoms. The molecule has 2 unspecified atom stereocenters. The predicted octanol–water partition coefficient (Wildman–Crippen LogP) is 4.90. The minimum absolute atomic E-state index is 0.203. The van der Waals surface area contributed by atoms with Crippen LogP contribution in [0.15, 0.2) is 0 Å². The second kappa shape index (κ2) is 10.4. The van der Waals surface area contributed by atoms with Crippen LogP contribution in [-0.4, -0.2) is 18.5 Å². The summed E-state index contributed by atoms with van der Waals surface area (Å²) < 4.78 is 5.60. The van der Waals surface area contributed by atoms with E-state index in [1.807, 2.05) is 0 Å². The summed E-state index contributed by atoms with van der Waals surface area (Å²) in [6, 6.07) is 0. The van der Waals surface area contributed by atoms with Crippen LogP contribution in [-0.2, 0) is 9.53 Å². The molecule has 1 heterocycles. The number of hydrogen-bond acceptors (Lipinski definition) is 2. The molecule has 1 fully saturated rings. The summed E-state index contributed by atoms with van der Waals surface area (Å²) in [5, 5.41) is 0. The zero-order valence-electron chi connectivity index (χ0n) is 13.0. The Morgan fingerprint density at radius 3 is 2.26 bits per heavy atom. The quantitative estimate of drug-likeness (QED) is 0.498. The van der Waals surface area contributed by atoms with E-state index in [4.69, 9.17) is 4.74 Å². The highest BCUT2D eigenvalue weighted by Crippen LogP contribution is 2.26. The molecule has 0 bridgehead atoms. The van der Waals surface area contributed by atoms with Crippen LogP contribution in [0.1, 0.15) is 84.5 Å². The average Bonchev–Trinajstić information content (AvgIpc) is 2.90. The third-order valence-corrected chi connectivity index (χ3v) is 4.30. The van der Waals surface area contributed by atoms with Gasteiger partial charge in [0.2, 0.25) is 0 Å². The van der Waals surface area contributed by atoms with Crippen LogP contribution >= 0.6 is 0 Å². The molecule has 19 heavy (non-hydrogen) atoms. The fourth-order valence-corrected chi connectivity index (χ4v) is 3.04. The maximum Gasteiger partial charge on any atom is 0.138 e. The molecule has 1 aliphatic heterocycles. The molecule has 1 rings (SSSR count). The summed E-state index contributed by atoms with van der Waals surface area (Å²) in [5.41, 5.74) is 0. The molecule has 2 heteroatoms. The summed E-state index contributed by atoms with van der Waals surface area (Å²) in [6.07, 6.45) is 13.3. The summed E-state index contributed by atoms with van der Waals surface area (Å²) >= 11 is 0. The molecule has 0 radical (unpaired) electrons. The van der Waals surface area contributed by atoms with Crippen molar-refractivity contribution < 1.29 is 9.53 Å². The zero-order valence-corrected chi connectivity index (χ0v) is 13.0. The van der Waals surface area contributed by atoms with Crippen molar-refractivity contribution in [2.24, 2.45) is 5.92 Å². The maximum absolute atomic E-state index is 12.1. The molecule has 112 valence electrons. The van der Waals surface area contributed by atoms with Gasteiger partial charge in [-0.3, -0.25) is 4.79 Å². The molecule has 0 aromatic heterocycles. The van der Waals surface area contributed by atoms with Crippen LogP contribution in [0.25, 0.3) is 0 Å². The van der Waals surface area contributed by atoms with E-state index in [-0.39, 0.29) is 12.0 Å². The van der Waals surface area contributed by atoms with E-state index in [9.17, 15) is 4.79 Å². The van der Waals surface area contributed by atoms with Crippen molar-refractivity contribution in [1.82, 2.24) is 0 Å². The van der Waals surface area contributed by atoms with Gasteiger partial charge in [-0.2, -0.15) is 0 Å². The number of ether oxygens (including phenoxy) is 1. The van der Waals surface area contributed by atoms with Gasteiger partial charge >= 0.3 is 0 Å². The third kappa shape index (κ3) is 6.56. The van der Waals surface area contributed by atoms with E-state index in [2.05, 4.69) is 13.8 Å². The molecule has 1 aliphatic rings. The molecule has 2 atom stereocenters.